The molecule has 1 aliphatic heterocycles. The second kappa shape index (κ2) is 7.32. The maximum atomic E-state index is 13.5. The molecule has 2 aromatic carbocycles. The van der Waals surface area contributed by atoms with Crippen molar-refractivity contribution in [2.75, 3.05) is 5.32 Å². The van der Waals surface area contributed by atoms with E-state index in [2.05, 4.69) is 10.6 Å². The number of halogens is 1. The lowest BCUT2D eigenvalue weighted by atomic mass is 9.89. The molecule has 0 spiro atoms. The highest BCUT2D eigenvalue weighted by Crippen LogP contribution is 2.34. The summed E-state index contributed by atoms with van der Waals surface area (Å²) in [5.41, 5.74) is 1.96. The zero-order valence-corrected chi connectivity index (χ0v) is 15.1. The van der Waals surface area contributed by atoms with Gasteiger partial charge in [-0.15, -0.1) is 11.3 Å². The van der Waals surface area contributed by atoms with E-state index >= 15 is 0 Å². The Labute approximate surface area is 160 Å². The Morgan fingerprint density at radius 1 is 1.15 bits per heavy atom. The fourth-order valence-electron chi connectivity index (χ4n) is 3.33. The number of carbonyl (C=O) groups excluding carboxylic acids is 2. The van der Waals surface area contributed by atoms with Crippen LogP contribution in [-0.2, 0) is 9.59 Å². The average molecular weight is 380 g/mol. The molecule has 0 aliphatic carbocycles. The third kappa shape index (κ3) is 3.61. The molecule has 6 heteroatoms. The van der Waals surface area contributed by atoms with E-state index in [1.807, 2.05) is 47.8 Å². The molecule has 2 amide bonds. The molecule has 136 valence electrons. The first-order chi connectivity index (χ1) is 13.1. The van der Waals surface area contributed by atoms with Gasteiger partial charge in [-0.2, -0.15) is 0 Å². The van der Waals surface area contributed by atoms with E-state index in [1.165, 1.54) is 12.1 Å². The number of hydrogen-bond acceptors (Lipinski definition) is 3. The number of rotatable bonds is 4. The minimum Gasteiger partial charge on any atom is -0.344 e. The van der Waals surface area contributed by atoms with Crippen molar-refractivity contribution in [3.8, 4) is 0 Å². The zero-order valence-electron chi connectivity index (χ0n) is 14.3. The molecule has 4 rings (SSSR count). The van der Waals surface area contributed by atoms with E-state index < -0.39 is 11.7 Å². The van der Waals surface area contributed by atoms with E-state index in [-0.39, 0.29) is 24.3 Å². The average Bonchev–Trinajstić information content (AvgIpc) is 3.20. The van der Waals surface area contributed by atoms with Gasteiger partial charge in [0, 0.05) is 17.0 Å². The van der Waals surface area contributed by atoms with Crippen molar-refractivity contribution in [1.29, 1.82) is 0 Å². The Hall–Kier alpha value is -2.99. The van der Waals surface area contributed by atoms with E-state index in [1.54, 1.807) is 17.4 Å². The van der Waals surface area contributed by atoms with Gasteiger partial charge in [-0.25, -0.2) is 4.39 Å². The Balaban J connectivity index is 1.65. The van der Waals surface area contributed by atoms with E-state index in [0.29, 0.717) is 11.3 Å². The Bertz CT molecular complexity index is 973. The van der Waals surface area contributed by atoms with Gasteiger partial charge >= 0.3 is 0 Å². The number of nitrogens with one attached hydrogen (secondary N) is 2. The molecule has 2 heterocycles. The van der Waals surface area contributed by atoms with Crippen molar-refractivity contribution < 1.29 is 14.0 Å². The molecule has 0 saturated heterocycles. The molecule has 2 unspecified atom stereocenters. The molecule has 0 radical (unpaired) electrons. The molecule has 27 heavy (non-hydrogen) atoms. The van der Waals surface area contributed by atoms with Crippen molar-refractivity contribution in [3.05, 3.63) is 87.9 Å². The monoisotopic (exact) mass is 380 g/mol. The van der Waals surface area contributed by atoms with Gasteiger partial charge in [0.25, 0.3) is 0 Å². The predicted octanol–water partition coefficient (Wildman–Crippen LogP) is 4.22. The lowest BCUT2D eigenvalue weighted by molar-refractivity contribution is -0.126. The fraction of sp³-hybridized carbons (Fsp3) is 0.143. The lowest BCUT2D eigenvalue weighted by Gasteiger charge is -2.27. The SMILES string of the molecule is O=C1CC(C(=O)NC(c2ccccc2)c2cccs2)c2ccc(F)cc2N1. The quantitative estimate of drug-likeness (QED) is 0.712. The minimum absolute atomic E-state index is 0.0381. The number of hydrogen-bond donors (Lipinski definition) is 2. The summed E-state index contributed by atoms with van der Waals surface area (Å²) in [4.78, 5) is 26.1. The van der Waals surface area contributed by atoms with E-state index in [4.69, 9.17) is 0 Å². The highest BCUT2D eigenvalue weighted by Gasteiger charge is 2.32. The first kappa shape index (κ1) is 17.4. The number of benzene rings is 2. The van der Waals surface area contributed by atoms with Crippen LogP contribution < -0.4 is 10.6 Å². The van der Waals surface area contributed by atoms with Gasteiger partial charge in [-0.1, -0.05) is 42.5 Å². The van der Waals surface area contributed by atoms with Crippen LogP contribution in [0.25, 0.3) is 0 Å². The molecule has 1 aliphatic rings. The van der Waals surface area contributed by atoms with Crippen LogP contribution in [0, 0.1) is 5.82 Å². The maximum Gasteiger partial charge on any atom is 0.228 e. The maximum absolute atomic E-state index is 13.5. The number of thiophene rings is 1. The van der Waals surface area contributed by atoms with Crippen LogP contribution in [0.5, 0.6) is 0 Å². The molecular weight excluding hydrogens is 363 g/mol. The molecule has 2 atom stereocenters. The molecule has 0 saturated carbocycles. The fourth-order valence-corrected chi connectivity index (χ4v) is 4.14. The molecule has 1 aromatic heterocycles. The summed E-state index contributed by atoms with van der Waals surface area (Å²) in [6, 6.07) is 17.4. The Kier molecular flexibility index (Phi) is 4.73. The summed E-state index contributed by atoms with van der Waals surface area (Å²) < 4.78 is 13.5. The molecule has 0 fully saturated rings. The van der Waals surface area contributed by atoms with Gasteiger partial charge < -0.3 is 10.6 Å². The van der Waals surface area contributed by atoms with Crippen molar-refractivity contribution in [2.24, 2.45) is 0 Å². The van der Waals surface area contributed by atoms with Crippen LogP contribution in [0.2, 0.25) is 0 Å². The van der Waals surface area contributed by atoms with E-state index in [9.17, 15) is 14.0 Å². The first-order valence-corrected chi connectivity index (χ1v) is 9.48. The Morgan fingerprint density at radius 3 is 2.70 bits per heavy atom. The summed E-state index contributed by atoms with van der Waals surface area (Å²) in [5, 5.41) is 7.68. The van der Waals surface area contributed by atoms with Gasteiger partial charge in [0.05, 0.1) is 12.0 Å². The second-order valence-corrected chi connectivity index (χ2v) is 7.38. The highest BCUT2D eigenvalue weighted by molar-refractivity contribution is 7.10. The molecule has 2 N–H and O–H groups in total. The zero-order chi connectivity index (χ0) is 18.8. The van der Waals surface area contributed by atoms with Crippen molar-refractivity contribution in [2.45, 2.75) is 18.4 Å². The van der Waals surface area contributed by atoms with Gasteiger partial charge in [-0.3, -0.25) is 9.59 Å². The van der Waals surface area contributed by atoms with Crippen molar-refractivity contribution in [3.63, 3.8) is 0 Å². The summed E-state index contributed by atoms with van der Waals surface area (Å²) in [7, 11) is 0. The van der Waals surface area contributed by atoms with Crippen LogP contribution in [0.15, 0.2) is 66.0 Å². The van der Waals surface area contributed by atoms with Crippen LogP contribution in [0.4, 0.5) is 10.1 Å². The minimum atomic E-state index is -0.652. The van der Waals surface area contributed by atoms with Crippen LogP contribution in [0.3, 0.4) is 0 Å². The second-order valence-electron chi connectivity index (χ2n) is 6.40. The van der Waals surface area contributed by atoms with Gasteiger partial charge in [0.2, 0.25) is 11.8 Å². The third-order valence-electron chi connectivity index (χ3n) is 4.62. The number of amides is 2. The largest absolute Gasteiger partial charge is 0.344 e. The number of anilines is 1. The van der Waals surface area contributed by atoms with Gasteiger partial charge in [-0.05, 0) is 34.7 Å². The van der Waals surface area contributed by atoms with Crippen LogP contribution in [-0.4, -0.2) is 11.8 Å². The lowest BCUT2D eigenvalue weighted by Crippen LogP contribution is -2.37. The standard InChI is InChI=1S/C21H17FN2O2S/c22-14-8-9-15-16(12-19(25)23-17(15)11-14)21(26)24-20(18-7-4-10-27-18)13-5-2-1-3-6-13/h1-11,16,20H,12H2,(H,23,25)(H,24,26). The summed E-state index contributed by atoms with van der Waals surface area (Å²) >= 11 is 1.56. The van der Waals surface area contributed by atoms with Crippen LogP contribution in [0.1, 0.15) is 34.4 Å². The normalized spacial score (nSPS) is 16.9. The third-order valence-corrected chi connectivity index (χ3v) is 5.56. The molecule has 3 aromatic rings. The molecule has 0 bridgehead atoms. The van der Waals surface area contributed by atoms with Crippen molar-refractivity contribution in [1.82, 2.24) is 5.32 Å². The van der Waals surface area contributed by atoms with Gasteiger partial charge in [0.15, 0.2) is 0 Å². The first-order valence-electron chi connectivity index (χ1n) is 8.60. The highest BCUT2D eigenvalue weighted by atomic mass is 32.1. The summed E-state index contributed by atoms with van der Waals surface area (Å²) in [6.45, 7) is 0. The smallest absolute Gasteiger partial charge is 0.228 e. The summed E-state index contributed by atoms with van der Waals surface area (Å²) in [6.07, 6.45) is 0.0381. The predicted molar refractivity (Wildman–Crippen MR) is 103 cm³/mol. The molecular formula is C21H17FN2O2S. The van der Waals surface area contributed by atoms with Gasteiger partial charge in [0.1, 0.15) is 5.82 Å². The van der Waals surface area contributed by atoms with Crippen molar-refractivity contribution >= 4 is 28.8 Å². The molecule has 4 nitrogen and oxygen atoms in total. The Morgan fingerprint density at radius 2 is 1.96 bits per heavy atom. The summed E-state index contributed by atoms with van der Waals surface area (Å²) in [5.74, 6) is -1.64. The number of fused-ring (bicyclic) bond motifs is 1. The topological polar surface area (TPSA) is 58.2 Å². The van der Waals surface area contributed by atoms with E-state index in [0.717, 1.165) is 10.4 Å². The number of carbonyl (C=O) groups is 2. The van der Waals surface area contributed by atoms with Crippen LogP contribution >= 0.6 is 11.3 Å².